The van der Waals surface area contributed by atoms with Gasteiger partial charge in [-0.25, -0.2) is 4.39 Å². The van der Waals surface area contributed by atoms with Crippen molar-refractivity contribution in [3.63, 3.8) is 0 Å². The minimum atomic E-state index is -0.900. The van der Waals surface area contributed by atoms with Gasteiger partial charge in [-0.15, -0.1) is 0 Å². The monoisotopic (exact) mass is 537 g/mol. The smallest absolute Gasteiger partial charge is 0.240 e. The van der Waals surface area contributed by atoms with E-state index in [0.29, 0.717) is 33.2 Å². The molecule has 3 saturated carbocycles. The van der Waals surface area contributed by atoms with Crippen molar-refractivity contribution in [1.29, 1.82) is 0 Å². The summed E-state index contributed by atoms with van der Waals surface area (Å²) < 4.78 is 15.1. The Morgan fingerprint density at radius 2 is 2.21 bits per heavy atom. The number of aliphatic hydroxyl groups is 1. The molecule has 0 aromatic heterocycles. The van der Waals surface area contributed by atoms with Crippen LogP contribution in [0.1, 0.15) is 46.1 Å². The van der Waals surface area contributed by atoms with Crippen LogP contribution in [-0.2, 0) is 16.2 Å². The molecule has 0 unspecified atom stereocenters. The van der Waals surface area contributed by atoms with Crippen LogP contribution in [0.15, 0.2) is 27.8 Å². The van der Waals surface area contributed by atoms with Gasteiger partial charge in [-0.05, 0) is 70.5 Å². The van der Waals surface area contributed by atoms with Gasteiger partial charge in [0.15, 0.2) is 0 Å². The van der Waals surface area contributed by atoms with Gasteiger partial charge in [0.1, 0.15) is 11.9 Å². The van der Waals surface area contributed by atoms with Gasteiger partial charge in [0.25, 0.3) is 0 Å². The van der Waals surface area contributed by atoms with Crippen molar-refractivity contribution in [2.75, 3.05) is 6.54 Å². The summed E-state index contributed by atoms with van der Waals surface area (Å²) in [5.41, 5.74) is 9.46. The second kappa shape index (κ2) is 9.74. The van der Waals surface area contributed by atoms with Crippen molar-refractivity contribution < 1.29 is 19.1 Å². The SMILES string of the molecule is C[C@@H]1[C@@H](NC(=O)[C@@H]2[C@H]([C@H](C)O)[C@H](CN=[N+]=[N-])ON2Cc2cccc(Br)c2F)C[C@@H]2C[C@H]1C2(C)C. The molecule has 1 heterocycles. The first-order valence-corrected chi connectivity index (χ1v) is 12.7. The lowest BCUT2D eigenvalue weighted by Gasteiger charge is -2.62. The number of carbonyl (C=O) groups excluding carboxylic acids is 1. The summed E-state index contributed by atoms with van der Waals surface area (Å²) in [6.45, 7) is 8.39. The van der Waals surface area contributed by atoms with Gasteiger partial charge in [-0.1, -0.05) is 38.0 Å². The Hall–Kier alpha value is -1.71. The molecule has 1 aliphatic heterocycles. The van der Waals surface area contributed by atoms with E-state index in [-0.39, 0.29) is 25.0 Å². The molecule has 2 bridgehead atoms. The molecule has 4 fully saturated rings. The summed E-state index contributed by atoms with van der Waals surface area (Å²) in [5.74, 6) is 0.169. The highest BCUT2D eigenvalue weighted by atomic mass is 79.9. The lowest BCUT2D eigenvalue weighted by molar-refractivity contribution is -0.176. The van der Waals surface area contributed by atoms with Gasteiger partial charge in [-0.3, -0.25) is 9.63 Å². The van der Waals surface area contributed by atoms with Crippen LogP contribution >= 0.6 is 15.9 Å². The lowest BCUT2D eigenvalue weighted by Crippen LogP contribution is -2.62. The van der Waals surface area contributed by atoms with Crippen molar-refractivity contribution in [1.82, 2.24) is 10.4 Å². The van der Waals surface area contributed by atoms with Crippen LogP contribution in [0.4, 0.5) is 4.39 Å². The molecular formula is C24H33BrFN5O3. The Morgan fingerprint density at radius 3 is 2.82 bits per heavy atom. The molecule has 10 heteroatoms. The number of fused-ring (bicyclic) bond motifs is 2. The maximum Gasteiger partial charge on any atom is 0.240 e. The molecule has 186 valence electrons. The third-order valence-corrected chi connectivity index (χ3v) is 9.18. The zero-order valence-electron chi connectivity index (χ0n) is 20.0. The summed E-state index contributed by atoms with van der Waals surface area (Å²) in [6, 6.07) is 4.15. The molecular weight excluding hydrogens is 505 g/mol. The molecule has 1 aromatic rings. The highest BCUT2D eigenvalue weighted by Crippen LogP contribution is 2.61. The van der Waals surface area contributed by atoms with Gasteiger partial charge in [0, 0.05) is 22.4 Å². The topological polar surface area (TPSA) is 111 Å². The van der Waals surface area contributed by atoms with E-state index in [0.717, 1.165) is 6.42 Å². The Labute approximate surface area is 207 Å². The molecule has 1 aromatic carbocycles. The van der Waals surface area contributed by atoms with E-state index in [2.05, 4.69) is 52.0 Å². The van der Waals surface area contributed by atoms with Crippen LogP contribution in [0.3, 0.4) is 0 Å². The van der Waals surface area contributed by atoms with E-state index in [1.807, 2.05) is 0 Å². The fourth-order valence-electron chi connectivity index (χ4n) is 6.44. The van der Waals surface area contributed by atoms with Crippen LogP contribution in [0.5, 0.6) is 0 Å². The molecule has 8 atom stereocenters. The predicted molar refractivity (Wildman–Crippen MR) is 129 cm³/mol. The van der Waals surface area contributed by atoms with E-state index in [4.69, 9.17) is 10.4 Å². The van der Waals surface area contributed by atoms with Gasteiger partial charge < -0.3 is 10.4 Å². The molecule has 0 radical (unpaired) electrons. The highest BCUT2D eigenvalue weighted by Gasteiger charge is 2.57. The normalized spacial score (nSPS) is 35.2. The zero-order valence-corrected chi connectivity index (χ0v) is 21.6. The maximum absolute atomic E-state index is 14.7. The average Bonchev–Trinajstić information content (AvgIpc) is 3.14. The summed E-state index contributed by atoms with van der Waals surface area (Å²) in [5, 5.41) is 18.9. The average molecular weight is 538 g/mol. The van der Waals surface area contributed by atoms with Crippen molar-refractivity contribution in [3.8, 4) is 0 Å². The largest absolute Gasteiger partial charge is 0.393 e. The first-order chi connectivity index (χ1) is 16.1. The van der Waals surface area contributed by atoms with Crippen molar-refractivity contribution in [2.24, 2.45) is 34.2 Å². The minimum Gasteiger partial charge on any atom is -0.393 e. The predicted octanol–water partition coefficient (Wildman–Crippen LogP) is 4.57. The van der Waals surface area contributed by atoms with E-state index < -0.39 is 30.0 Å². The lowest BCUT2D eigenvalue weighted by atomic mass is 9.45. The van der Waals surface area contributed by atoms with Gasteiger partial charge in [0.2, 0.25) is 5.91 Å². The number of azide groups is 1. The summed E-state index contributed by atoms with van der Waals surface area (Å²) in [6.07, 6.45) is 0.526. The molecule has 1 amide bonds. The van der Waals surface area contributed by atoms with E-state index in [9.17, 15) is 14.3 Å². The summed E-state index contributed by atoms with van der Waals surface area (Å²) in [4.78, 5) is 22.5. The molecule has 8 nitrogen and oxygen atoms in total. The van der Waals surface area contributed by atoms with Crippen molar-refractivity contribution >= 4 is 21.8 Å². The third kappa shape index (κ3) is 4.46. The van der Waals surface area contributed by atoms with Gasteiger partial charge in [-0.2, -0.15) is 5.06 Å². The fourth-order valence-corrected chi connectivity index (χ4v) is 6.85. The third-order valence-electron chi connectivity index (χ3n) is 8.56. The zero-order chi connectivity index (χ0) is 24.8. The van der Waals surface area contributed by atoms with Crippen molar-refractivity contribution in [2.45, 2.75) is 71.4 Å². The first kappa shape index (κ1) is 25.4. The number of rotatable bonds is 7. The second-order valence-electron chi connectivity index (χ2n) is 10.7. The second-order valence-corrected chi connectivity index (χ2v) is 11.5. The molecule has 2 N–H and O–H groups in total. The quantitative estimate of drug-likeness (QED) is 0.301. The standard InChI is InChI=1S/C24H33BrFN5O3/c1-12-16-8-15(24(16,3)4)9-18(12)29-23(33)22-20(13(2)32)19(10-28-30-27)34-31(22)11-14-6-5-7-17(25)21(14)26/h5-7,12-13,15-16,18-20,22,32H,8-11H2,1-4H3,(H,29,33)/t12-,13-,15-,16+,18-,19-,20+,22-/m0/s1. The first-order valence-electron chi connectivity index (χ1n) is 11.9. The number of carbonyl (C=O) groups is 1. The van der Waals surface area contributed by atoms with Crippen LogP contribution < -0.4 is 5.32 Å². The molecule has 5 rings (SSSR count). The number of hydrogen-bond acceptors (Lipinski definition) is 5. The van der Waals surface area contributed by atoms with Crippen LogP contribution in [-0.4, -0.2) is 46.9 Å². The fraction of sp³-hybridized carbons (Fsp3) is 0.708. The Balaban J connectivity index is 1.58. The number of hydrogen-bond donors (Lipinski definition) is 2. The summed E-state index contributed by atoms with van der Waals surface area (Å²) in [7, 11) is 0. The van der Waals surface area contributed by atoms with E-state index >= 15 is 0 Å². The van der Waals surface area contributed by atoms with Crippen LogP contribution in [0.2, 0.25) is 0 Å². The van der Waals surface area contributed by atoms with Crippen molar-refractivity contribution in [3.05, 3.63) is 44.5 Å². The number of hydroxylamine groups is 2. The molecule has 0 spiro atoms. The van der Waals surface area contributed by atoms with Crippen LogP contribution in [0, 0.1) is 34.9 Å². The molecule has 4 aliphatic rings. The molecule has 1 saturated heterocycles. The Morgan fingerprint density at radius 1 is 1.47 bits per heavy atom. The number of amides is 1. The number of halogens is 2. The highest BCUT2D eigenvalue weighted by molar-refractivity contribution is 9.10. The van der Waals surface area contributed by atoms with E-state index in [1.54, 1.807) is 25.1 Å². The Kier molecular flexibility index (Phi) is 7.27. The van der Waals surface area contributed by atoms with Gasteiger partial charge >= 0.3 is 0 Å². The number of nitrogens with zero attached hydrogens (tertiary/aromatic N) is 4. The number of benzene rings is 1. The Bertz CT molecular complexity index is 985. The number of aliphatic hydroxyl groups excluding tert-OH is 1. The molecule has 3 aliphatic carbocycles. The minimum absolute atomic E-state index is 0.0118. The number of nitrogens with one attached hydrogen (secondary N) is 1. The van der Waals surface area contributed by atoms with E-state index in [1.165, 1.54) is 11.5 Å². The van der Waals surface area contributed by atoms with Gasteiger partial charge in [0.05, 0.1) is 29.8 Å². The molecule has 34 heavy (non-hydrogen) atoms. The van der Waals surface area contributed by atoms with Crippen LogP contribution in [0.25, 0.3) is 10.4 Å². The summed E-state index contributed by atoms with van der Waals surface area (Å²) >= 11 is 3.20. The maximum atomic E-state index is 14.7.